The van der Waals surface area contributed by atoms with Crippen molar-refractivity contribution in [2.75, 3.05) is 13.2 Å². The first kappa shape index (κ1) is 14.8. The predicted molar refractivity (Wildman–Crippen MR) is 73.7 cm³/mol. The molecule has 0 radical (unpaired) electrons. The molecule has 0 bridgehead atoms. The SMILES string of the molecule is CC(NCC(C)(C)CO)c1cc(Cl)ccc1Cl. The van der Waals surface area contributed by atoms with E-state index in [9.17, 15) is 5.11 Å². The van der Waals surface area contributed by atoms with Gasteiger partial charge in [0.25, 0.3) is 0 Å². The van der Waals surface area contributed by atoms with Crippen LogP contribution >= 0.6 is 23.2 Å². The molecule has 1 aromatic rings. The molecule has 0 amide bonds. The van der Waals surface area contributed by atoms with Crippen LogP contribution in [0.2, 0.25) is 10.0 Å². The zero-order valence-electron chi connectivity index (χ0n) is 10.4. The quantitative estimate of drug-likeness (QED) is 0.860. The second-order valence-electron chi connectivity index (χ2n) is 5.09. The highest BCUT2D eigenvalue weighted by Gasteiger charge is 2.18. The lowest BCUT2D eigenvalue weighted by Gasteiger charge is -2.25. The Bertz CT molecular complexity index is 380. The van der Waals surface area contributed by atoms with Gasteiger partial charge in [-0.05, 0) is 30.7 Å². The number of rotatable bonds is 5. The Hall–Kier alpha value is -0.280. The van der Waals surface area contributed by atoms with Crippen molar-refractivity contribution in [3.63, 3.8) is 0 Å². The first-order chi connectivity index (χ1) is 7.85. The van der Waals surface area contributed by atoms with Gasteiger partial charge in [-0.1, -0.05) is 37.0 Å². The summed E-state index contributed by atoms with van der Waals surface area (Å²) < 4.78 is 0. The van der Waals surface area contributed by atoms with E-state index < -0.39 is 0 Å². The third-order valence-electron chi connectivity index (χ3n) is 2.74. The molecule has 1 aromatic carbocycles. The van der Waals surface area contributed by atoms with Crippen LogP contribution in [-0.2, 0) is 0 Å². The molecule has 2 nitrogen and oxygen atoms in total. The van der Waals surface area contributed by atoms with Crippen LogP contribution in [0.4, 0.5) is 0 Å². The lowest BCUT2D eigenvalue weighted by Crippen LogP contribution is -2.33. The summed E-state index contributed by atoms with van der Waals surface area (Å²) in [6, 6.07) is 5.55. The number of aliphatic hydroxyl groups is 1. The Labute approximate surface area is 113 Å². The number of benzene rings is 1. The fourth-order valence-electron chi connectivity index (χ4n) is 1.44. The molecular formula is C13H19Cl2NO. The van der Waals surface area contributed by atoms with Crippen molar-refractivity contribution in [2.45, 2.75) is 26.8 Å². The van der Waals surface area contributed by atoms with E-state index >= 15 is 0 Å². The lowest BCUT2D eigenvalue weighted by atomic mass is 9.94. The highest BCUT2D eigenvalue weighted by Crippen LogP contribution is 2.26. The van der Waals surface area contributed by atoms with E-state index in [2.05, 4.69) is 5.32 Å². The maximum absolute atomic E-state index is 9.19. The van der Waals surface area contributed by atoms with Crippen LogP contribution in [-0.4, -0.2) is 18.3 Å². The summed E-state index contributed by atoms with van der Waals surface area (Å²) in [7, 11) is 0. The van der Waals surface area contributed by atoms with E-state index in [-0.39, 0.29) is 18.1 Å². The Morgan fingerprint density at radius 2 is 2.00 bits per heavy atom. The zero-order valence-corrected chi connectivity index (χ0v) is 11.9. The van der Waals surface area contributed by atoms with Crippen molar-refractivity contribution in [2.24, 2.45) is 5.41 Å². The van der Waals surface area contributed by atoms with Crippen molar-refractivity contribution >= 4 is 23.2 Å². The first-order valence-corrected chi connectivity index (χ1v) is 6.40. The van der Waals surface area contributed by atoms with E-state index in [0.29, 0.717) is 16.6 Å². The molecule has 17 heavy (non-hydrogen) atoms. The minimum Gasteiger partial charge on any atom is -0.396 e. The molecular weight excluding hydrogens is 257 g/mol. The number of nitrogens with one attached hydrogen (secondary N) is 1. The Balaban J connectivity index is 2.70. The highest BCUT2D eigenvalue weighted by atomic mass is 35.5. The lowest BCUT2D eigenvalue weighted by molar-refractivity contribution is 0.154. The Morgan fingerprint density at radius 3 is 2.59 bits per heavy atom. The van der Waals surface area contributed by atoms with Gasteiger partial charge in [0.1, 0.15) is 0 Å². The van der Waals surface area contributed by atoms with E-state index in [1.54, 1.807) is 12.1 Å². The predicted octanol–water partition coefficient (Wildman–Crippen LogP) is 3.66. The molecule has 0 fully saturated rings. The maximum atomic E-state index is 9.19. The van der Waals surface area contributed by atoms with Crippen LogP contribution < -0.4 is 5.32 Å². The van der Waals surface area contributed by atoms with Crippen molar-refractivity contribution < 1.29 is 5.11 Å². The van der Waals surface area contributed by atoms with Gasteiger partial charge >= 0.3 is 0 Å². The largest absolute Gasteiger partial charge is 0.396 e. The van der Waals surface area contributed by atoms with Crippen LogP contribution in [0.3, 0.4) is 0 Å². The summed E-state index contributed by atoms with van der Waals surface area (Å²) in [5.41, 5.74) is 0.840. The average Bonchev–Trinajstić information content (AvgIpc) is 2.29. The highest BCUT2D eigenvalue weighted by molar-refractivity contribution is 6.33. The van der Waals surface area contributed by atoms with E-state index in [1.807, 2.05) is 26.8 Å². The molecule has 1 atom stereocenters. The summed E-state index contributed by atoms with van der Waals surface area (Å²) in [6.07, 6.45) is 0. The van der Waals surface area contributed by atoms with Gasteiger partial charge in [-0.25, -0.2) is 0 Å². The van der Waals surface area contributed by atoms with Crippen molar-refractivity contribution in [3.05, 3.63) is 33.8 Å². The molecule has 96 valence electrons. The summed E-state index contributed by atoms with van der Waals surface area (Å²) >= 11 is 12.1. The molecule has 0 saturated carbocycles. The third kappa shape index (κ3) is 4.47. The monoisotopic (exact) mass is 275 g/mol. The average molecular weight is 276 g/mol. The Kier molecular flexibility index (Phi) is 5.26. The minimum atomic E-state index is -0.140. The van der Waals surface area contributed by atoms with Gasteiger partial charge < -0.3 is 10.4 Å². The molecule has 0 aliphatic rings. The molecule has 4 heteroatoms. The number of aliphatic hydroxyl groups excluding tert-OH is 1. The third-order valence-corrected chi connectivity index (χ3v) is 3.32. The van der Waals surface area contributed by atoms with Crippen LogP contribution in [0.1, 0.15) is 32.4 Å². The van der Waals surface area contributed by atoms with Gasteiger partial charge in [0.05, 0.1) is 0 Å². The summed E-state index contributed by atoms with van der Waals surface area (Å²) in [5.74, 6) is 0. The molecule has 0 spiro atoms. The van der Waals surface area contributed by atoms with Crippen LogP contribution in [0.15, 0.2) is 18.2 Å². The molecule has 0 aliphatic heterocycles. The topological polar surface area (TPSA) is 32.3 Å². The van der Waals surface area contributed by atoms with Gasteiger partial charge in [-0.3, -0.25) is 0 Å². The van der Waals surface area contributed by atoms with Gasteiger partial charge in [0.15, 0.2) is 0 Å². The molecule has 0 heterocycles. The van der Waals surface area contributed by atoms with Gasteiger partial charge in [-0.15, -0.1) is 0 Å². The van der Waals surface area contributed by atoms with E-state index in [4.69, 9.17) is 23.2 Å². The molecule has 1 rings (SSSR count). The summed E-state index contributed by atoms with van der Waals surface area (Å²) in [6.45, 7) is 6.91. The fraction of sp³-hybridized carbons (Fsp3) is 0.538. The standard InChI is InChI=1S/C13H19Cl2NO/c1-9(16-7-13(2,3)8-17)11-6-10(14)4-5-12(11)15/h4-6,9,16-17H,7-8H2,1-3H3. The van der Waals surface area contributed by atoms with Crippen LogP contribution in [0.5, 0.6) is 0 Å². The summed E-state index contributed by atoms with van der Waals surface area (Å²) in [4.78, 5) is 0. The van der Waals surface area contributed by atoms with Gasteiger partial charge in [0.2, 0.25) is 0 Å². The van der Waals surface area contributed by atoms with Gasteiger partial charge in [-0.2, -0.15) is 0 Å². The zero-order chi connectivity index (χ0) is 13.1. The second-order valence-corrected chi connectivity index (χ2v) is 5.93. The molecule has 0 aliphatic carbocycles. The molecule has 2 N–H and O–H groups in total. The minimum absolute atomic E-state index is 0.104. The number of hydrogen-bond donors (Lipinski definition) is 2. The van der Waals surface area contributed by atoms with E-state index in [0.717, 1.165) is 5.56 Å². The normalized spacial score (nSPS) is 13.8. The van der Waals surface area contributed by atoms with Gasteiger partial charge in [0, 0.05) is 34.7 Å². The van der Waals surface area contributed by atoms with Crippen LogP contribution in [0, 0.1) is 5.41 Å². The van der Waals surface area contributed by atoms with Crippen molar-refractivity contribution in [1.29, 1.82) is 0 Å². The summed E-state index contributed by atoms with van der Waals surface area (Å²) in [5, 5.41) is 13.9. The molecule has 1 unspecified atom stereocenters. The Morgan fingerprint density at radius 1 is 1.35 bits per heavy atom. The number of hydrogen-bond acceptors (Lipinski definition) is 2. The second kappa shape index (κ2) is 6.05. The van der Waals surface area contributed by atoms with E-state index in [1.165, 1.54) is 0 Å². The molecule has 0 aromatic heterocycles. The molecule has 0 saturated heterocycles. The van der Waals surface area contributed by atoms with Crippen molar-refractivity contribution in [3.8, 4) is 0 Å². The fourth-order valence-corrected chi connectivity index (χ4v) is 1.90. The first-order valence-electron chi connectivity index (χ1n) is 5.65. The van der Waals surface area contributed by atoms with Crippen LogP contribution in [0.25, 0.3) is 0 Å². The van der Waals surface area contributed by atoms with Crippen molar-refractivity contribution in [1.82, 2.24) is 5.32 Å². The number of halogens is 2. The maximum Gasteiger partial charge on any atom is 0.0494 e. The smallest absolute Gasteiger partial charge is 0.0494 e.